The van der Waals surface area contributed by atoms with Crippen molar-refractivity contribution in [1.82, 2.24) is 10.2 Å². The Hall–Kier alpha value is -1.09. The number of carbonyl (C=O) groups excluding carboxylic acids is 1. The Labute approximate surface area is 176 Å². The van der Waals surface area contributed by atoms with Gasteiger partial charge in [0, 0.05) is 37.3 Å². The molecule has 1 N–H and O–H groups in total. The van der Waals surface area contributed by atoms with Crippen molar-refractivity contribution in [2.24, 2.45) is 10.9 Å². The molecule has 1 unspecified atom stereocenters. The van der Waals surface area contributed by atoms with Crippen molar-refractivity contribution in [2.45, 2.75) is 26.2 Å². The van der Waals surface area contributed by atoms with E-state index < -0.39 is 0 Å². The van der Waals surface area contributed by atoms with Crippen molar-refractivity contribution in [3.05, 3.63) is 34.6 Å². The third-order valence-electron chi connectivity index (χ3n) is 4.27. The summed E-state index contributed by atoms with van der Waals surface area (Å²) in [6.45, 7) is 4.13. The molecule has 26 heavy (non-hydrogen) atoms. The van der Waals surface area contributed by atoms with Gasteiger partial charge in [-0.3, -0.25) is 9.79 Å². The Morgan fingerprint density at radius 2 is 2.27 bits per heavy atom. The minimum Gasteiger partial charge on any atom is -0.466 e. The van der Waals surface area contributed by atoms with E-state index in [1.165, 1.54) is 6.07 Å². The summed E-state index contributed by atoms with van der Waals surface area (Å²) in [5.41, 5.74) is 0.496. The average molecular weight is 498 g/mol. The van der Waals surface area contributed by atoms with Gasteiger partial charge in [-0.05, 0) is 38.3 Å². The minimum atomic E-state index is -0.301. The second kappa shape index (κ2) is 11.6. The number of likely N-dealkylation sites (tertiary alicyclic amines) is 1. The van der Waals surface area contributed by atoms with Gasteiger partial charge in [0.1, 0.15) is 5.82 Å². The molecule has 0 amide bonds. The van der Waals surface area contributed by atoms with E-state index in [1.54, 1.807) is 19.2 Å². The highest BCUT2D eigenvalue weighted by Gasteiger charge is 2.28. The molecule has 2 rings (SSSR count). The van der Waals surface area contributed by atoms with Gasteiger partial charge in [0.25, 0.3) is 0 Å². The Morgan fingerprint density at radius 3 is 2.92 bits per heavy atom. The van der Waals surface area contributed by atoms with Crippen molar-refractivity contribution in [2.75, 3.05) is 33.3 Å². The maximum absolute atomic E-state index is 13.8. The van der Waals surface area contributed by atoms with Gasteiger partial charge in [-0.25, -0.2) is 4.39 Å². The summed E-state index contributed by atoms with van der Waals surface area (Å²) in [6.07, 6.45) is 2.19. The number of guanidine groups is 1. The van der Waals surface area contributed by atoms with Gasteiger partial charge in [0.15, 0.2) is 5.96 Å². The van der Waals surface area contributed by atoms with E-state index in [0.717, 1.165) is 19.4 Å². The smallest absolute Gasteiger partial charge is 0.310 e. The Morgan fingerprint density at radius 1 is 1.50 bits per heavy atom. The first-order chi connectivity index (χ1) is 12.1. The van der Waals surface area contributed by atoms with Gasteiger partial charge >= 0.3 is 5.97 Å². The van der Waals surface area contributed by atoms with Crippen LogP contribution in [0.4, 0.5) is 4.39 Å². The summed E-state index contributed by atoms with van der Waals surface area (Å²) in [5, 5.41) is 3.66. The molecule has 0 aliphatic carbocycles. The lowest BCUT2D eigenvalue weighted by atomic mass is 9.98. The van der Waals surface area contributed by atoms with Crippen molar-refractivity contribution in [1.29, 1.82) is 0 Å². The molecule has 1 atom stereocenters. The predicted octanol–water partition coefficient (Wildman–Crippen LogP) is 3.49. The number of esters is 1. The molecule has 0 aromatic heterocycles. The number of nitrogens with one attached hydrogen (secondary N) is 1. The minimum absolute atomic E-state index is 0. The number of nitrogens with zero attached hydrogens (tertiary/aromatic N) is 2. The molecular weight excluding hydrogens is 472 g/mol. The lowest BCUT2D eigenvalue weighted by molar-refractivity contribution is -0.149. The van der Waals surface area contributed by atoms with E-state index in [2.05, 4.69) is 10.3 Å². The molecule has 1 aromatic rings. The number of hydrogen-bond acceptors (Lipinski definition) is 3. The second-order valence-electron chi connectivity index (χ2n) is 5.96. The molecule has 0 saturated carbocycles. The summed E-state index contributed by atoms with van der Waals surface area (Å²) in [7, 11) is 1.70. The first kappa shape index (κ1) is 23.0. The number of piperidine rings is 1. The van der Waals surface area contributed by atoms with Crippen molar-refractivity contribution in [3.8, 4) is 0 Å². The number of carbonyl (C=O) groups is 1. The molecule has 1 aliphatic heterocycles. The van der Waals surface area contributed by atoms with E-state index in [0.29, 0.717) is 42.7 Å². The first-order valence-electron chi connectivity index (χ1n) is 8.62. The molecule has 1 fully saturated rings. The SMILES string of the molecule is CCOC(=O)C1CCCN(C(=NC)NCCc2c(F)cccc2Cl)C1.I. The Bertz CT molecular complexity index is 610. The zero-order chi connectivity index (χ0) is 18.2. The topological polar surface area (TPSA) is 53.9 Å². The van der Waals surface area contributed by atoms with Crippen LogP contribution in [-0.2, 0) is 16.0 Å². The van der Waals surface area contributed by atoms with Crippen LogP contribution in [0.15, 0.2) is 23.2 Å². The predicted molar refractivity (Wildman–Crippen MR) is 113 cm³/mol. The molecule has 1 heterocycles. The highest BCUT2D eigenvalue weighted by molar-refractivity contribution is 14.0. The number of halogens is 3. The number of aliphatic imine (C=N–C) groups is 1. The fraction of sp³-hybridized carbons (Fsp3) is 0.556. The molecule has 0 radical (unpaired) electrons. The summed E-state index contributed by atoms with van der Waals surface area (Å²) in [5.74, 6) is 0.125. The largest absolute Gasteiger partial charge is 0.466 e. The maximum Gasteiger partial charge on any atom is 0.310 e. The Balaban J connectivity index is 0.00000338. The van der Waals surface area contributed by atoms with Gasteiger partial charge in [-0.1, -0.05) is 17.7 Å². The number of benzene rings is 1. The highest BCUT2D eigenvalue weighted by Crippen LogP contribution is 2.20. The second-order valence-corrected chi connectivity index (χ2v) is 6.37. The maximum atomic E-state index is 13.8. The molecule has 1 saturated heterocycles. The van der Waals surface area contributed by atoms with Crippen LogP contribution in [0.3, 0.4) is 0 Å². The first-order valence-corrected chi connectivity index (χ1v) is 8.99. The summed E-state index contributed by atoms with van der Waals surface area (Å²) >= 11 is 6.05. The van der Waals surface area contributed by atoms with Gasteiger partial charge in [-0.2, -0.15) is 0 Å². The lowest BCUT2D eigenvalue weighted by Gasteiger charge is -2.34. The van der Waals surface area contributed by atoms with Crippen molar-refractivity contribution in [3.63, 3.8) is 0 Å². The fourth-order valence-electron chi connectivity index (χ4n) is 3.02. The number of rotatable bonds is 5. The molecule has 0 bridgehead atoms. The van der Waals surface area contributed by atoms with Crippen molar-refractivity contribution < 1.29 is 13.9 Å². The van der Waals surface area contributed by atoms with E-state index in [1.807, 2.05) is 11.8 Å². The average Bonchev–Trinajstić information content (AvgIpc) is 2.61. The molecule has 146 valence electrons. The summed E-state index contributed by atoms with van der Waals surface area (Å²) in [6, 6.07) is 4.69. The zero-order valence-electron chi connectivity index (χ0n) is 15.1. The lowest BCUT2D eigenvalue weighted by Crippen LogP contribution is -2.48. The summed E-state index contributed by atoms with van der Waals surface area (Å²) in [4.78, 5) is 18.3. The van der Waals surface area contributed by atoms with Crippen molar-refractivity contribution >= 4 is 47.5 Å². The molecule has 5 nitrogen and oxygen atoms in total. The van der Waals surface area contributed by atoms with Gasteiger partial charge < -0.3 is 15.0 Å². The quantitative estimate of drug-likeness (QED) is 0.293. The van der Waals surface area contributed by atoms with Crippen LogP contribution < -0.4 is 5.32 Å². The molecule has 0 spiro atoms. The Kier molecular flexibility index (Phi) is 10.2. The van der Waals surface area contributed by atoms with E-state index in [-0.39, 0.29) is 41.7 Å². The van der Waals surface area contributed by atoms with Crippen LogP contribution >= 0.6 is 35.6 Å². The molecular formula is C18H26ClFIN3O2. The van der Waals surface area contributed by atoms with Crippen LogP contribution in [0.5, 0.6) is 0 Å². The third-order valence-corrected chi connectivity index (χ3v) is 4.63. The van der Waals surface area contributed by atoms with Gasteiger partial charge in [0.05, 0.1) is 12.5 Å². The van der Waals surface area contributed by atoms with Gasteiger partial charge in [0.2, 0.25) is 0 Å². The van der Waals surface area contributed by atoms with Crippen LogP contribution in [0.25, 0.3) is 0 Å². The monoisotopic (exact) mass is 497 g/mol. The number of ether oxygens (including phenoxy) is 1. The van der Waals surface area contributed by atoms with Crippen LogP contribution in [0.1, 0.15) is 25.3 Å². The zero-order valence-corrected chi connectivity index (χ0v) is 18.2. The van der Waals surface area contributed by atoms with E-state index in [4.69, 9.17) is 16.3 Å². The molecule has 8 heteroatoms. The number of hydrogen-bond donors (Lipinski definition) is 1. The standard InChI is InChI=1S/C18H25ClFN3O2.HI/c1-3-25-17(24)13-6-5-11-23(12-13)18(21-2)22-10-9-14-15(19)7-4-8-16(14)20;/h4,7-8,13H,3,5-6,9-12H2,1-2H3,(H,21,22);1H. The van der Waals surface area contributed by atoms with Gasteiger partial charge in [-0.15, -0.1) is 24.0 Å². The molecule has 1 aromatic carbocycles. The highest BCUT2D eigenvalue weighted by atomic mass is 127. The molecule has 1 aliphatic rings. The van der Waals surface area contributed by atoms with Crippen LogP contribution in [0, 0.1) is 11.7 Å². The van der Waals surface area contributed by atoms with Crippen LogP contribution in [0.2, 0.25) is 5.02 Å². The van der Waals surface area contributed by atoms with E-state index >= 15 is 0 Å². The summed E-state index contributed by atoms with van der Waals surface area (Å²) < 4.78 is 18.9. The third kappa shape index (κ3) is 6.26. The normalized spacial score (nSPS) is 17.5. The van der Waals surface area contributed by atoms with E-state index in [9.17, 15) is 9.18 Å². The van der Waals surface area contributed by atoms with Crippen LogP contribution in [-0.4, -0.2) is 50.1 Å². The fourth-order valence-corrected chi connectivity index (χ4v) is 3.28.